The summed E-state index contributed by atoms with van der Waals surface area (Å²) in [7, 11) is 0. The number of nitrogens with one attached hydrogen (secondary N) is 1. The molecule has 0 fully saturated rings. The predicted molar refractivity (Wildman–Crippen MR) is 97.8 cm³/mol. The predicted octanol–water partition coefficient (Wildman–Crippen LogP) is 4.30. The highest BCUT2D eigenvalue weighted by molar-refractivity contribution is 6.30. The molecule has 1 amide bonds. The van der Waals surface area contributed by atoms with Crippen molar-refractivity contribution in [1.82, 2.24) is 14.6 Å². The number of hydrogen-bond acceptors (Lipinski definition) is 3. The minimum atomic E-state index is -0.282. The molecule has 122 valence electrons. The van der Waals surface area contributed by atoms with Gasteiger partial charge in [0, 0.05) is 16.8 Å². The molecule has 0 saturated heterocycles. The highest BCUT2D eigenvalue weighted by atomic mass is 35.5. The molecule has 0 unspecified atom stereocenters. The van der Waals surface area contributed by atoms with E-state index in [9.17, 15) is 4.79 Å². The normalized spacial score (nSPS) is 10.8. The van der Waals surface area contributed by atoms with Crippen LogP contribution in [0.15, 0.2) is 72.9 Å². The van der Waals surface area contributed by atoms with E-state index in [0.717, 1.165) is 11.1 Å². The van der Waals surface area contributed by atoms with Gasteiger partial charge in [0.15, 0.2) is 5.65 Å². The van der Waals surface area contributed by atoms with E-state index in [2.05, 4.69) is 15.4 Å². The summed E-state index contributed by atoms with van der Waals surface area (Å²) in [6.07, 6.45) is 1.82. The van der Waals surface area contributed by atoms with Gasteiger partial charge >= 0.3 is 0 Å². The Balaban J connectivity index is 1.61. The first-order valence-corrected chi connectivity index (χ1v) is 8.06. The summed E-state index contributed by atoms with van der Waals surface area (Å²) in [5, 5.41) is 7.56. The Hall–Kier alpha value is -3.18. The molecule has 2 aromatic carbocycles. The molecule has 25 heavy (non-hydrogen) atoms. The number of anilines is 1. The van der Waals surface area contributed by atoms with Crippen molar-refractivity contribution in [3.8, 4) is 11.1 Å². The Labute approximate surface area is 148 Å². The van der Waals surface area contributed by atoms with Crippen molar-refractivity contribution < 1.29 is 4.79 Å². The quantitative estimate of drug-likeness (QED) is 0.600. The third-order valence-corrected chi connectivity index (χ3v) is 4.03. The number of amides is 1. The molecule has 0 aliphatic heterocycles. The van der Waals surface area contributed by atoms with E-state index >= 15 is 0 Å². The fourth-order valence-electron chi connectivity index (χ4n) is 2.52. The number of pyridine rings is 1. The number of benzene rings is 2. The van der Waals surface area contributed by atoms with Crippen LogP contribution in [-0.4, -0.2) is 20.5 Å². The Kier molecular flexibility index (Phi) is 3.91. The van der Waals surface area contributed by atoms with Crippen LogP contribution in [0.1, 0.15) is 10.4 Å². The molecule has 0 atom stereocenters. The largest absolute Gasteiger partial charge is 0.289 e. The average Bonchev–Trinajstić information content (AvgIpc) is 3.04. The van der Waals surface area contributed by atoms with Crippen molar-refractivity contribution in [3.63, 3.8) is 0 Å². The lowest BCUT2D eigenvalue weighted by Gasteiger charge is -2.00. The molecule has 2 heterocycles. The Morgan fingerprint density at radius 2 is 1.72 bits per heavy atom. The molecular weight excluding hydrogens is 336 g/mol. The lowest BCUT2D eigenvalue weighted by molar-refractivity contribution is 0.102. The van der Waals surface area contributed by atoms with E-state index in [1.54, 1.807) is 28.8 Å². The second-order valence-corrected chi connectivity index (χ2v) is 5.92. The molecule has 4 aromatic rings. The standard InChI is InChI=1S/C19H13ClN4O/c20-16-8-6-14(7-9-16)18(25)22-19-21-17-12-15(10-11-24(17)23-19)13-4-2-1-3-5-13/h1-12H,(H,22,23,25). The minimum absolute atomic E-state index is 0.255. The molecule has 5 nitrogen and oxygen atoms in total. The van der Waals surface area contributed by atoms with Crippen LogP contribution >= 0.6 is 11.6 Å². The molecule has 0 spiro atoms. The summed E-state index contributed by atoms with van der Waals surface area (Å²) in [5.74, 6) is -0.0268. The van der Waals surface area contributed by atoms with Crippen molar-refractivity contribution >= 4 is 29.1 Å². The second kappa shape index (κ2) is 6.37. The van der Waals surface area contributed by atoms with Gasteiger partial charge in [-0.2, -0.15) is 4.98 Å². The zero-order chi connectivity index (χ0) is 17.2. The molecule has 0 aliphatic rings. The summed E-state index contributed by atoms with van der Waals surface area (Å²) >= 11 is 5.84. The monoisotopic (exact) mass is 348 g/mol. The number of carbonyl (C=O) groups is 1. The van der Waals surface area contributed by atoms with Crippen LogP contribution in [0.2, 0.25) is 5.02 Å². The van der Waals surface area contributed by atoms with Crippen LogP contribution in [0.25, 0.3) is 16.8 Å². The number of fused-ring (bicyclic) bond motifs is 1. The second-order valence-electron chi connectivity index (χ2n) is 5.48. The van der Waals surface area contributed by atoms with Gasteiger partial charge < -0.3 is 0 Å². The molecule has 0 saturated carbocycles. The molecule has 6 heteroatoms. The van der Waals surface area contributed by atoms with Crippen LogP contribution in [0.5, 0.6) is 0 Å². The van der Waals surface area contributed by atoms with Crippen LogP contribution in [-0.2, 0) is 0 Å². The molecule has 0 radical (unpaired) electrons. The topological polar surface area (TPSA) is 59.3 Å². The molecular formula is C19H13ClN4O. The lowest BCUT2D eigenvalue weighted by Crippen LogP contribution is -2.12. The Morgan fingerprint density at radius 3 is 2.48 bits per heavy atom. The molecule has 4 rings (SSSR count). The fraction of sp³-hybridized carbons (Fsp3) is 0. The van der Waals surface area contributed by atoms with Gasteiger partial charge in [-0.25, -0.2) is 4.52 Å². The highest BCUT2D eigenvalue weighted by Gasteiger charge is 2.10. The van der Waals surface area contributed by atoms with Crippen LogP contribution in [0, 0.1) is 0 Å². The smallest absolute Gasteiger partial charge is 0.258 e. The third kappa shape index (κ3) is 3.22. The van der Waals surface area contributed by atoms with E-state index in [0.29, 0.717) is 16.2 Å². The van der Waals surface area contributed by atoms with Gasteiger partial charge in [-0.3, -0.25) is 10.1 Å². The first kappa shape index (κ1) is 15.4. The number of carbonyl (C=O) groups excluding carboxylic acids is 1. The zero-order valence-electron chi connectivity index (χ0n) is 13.1. The number of halogens is 1. The highest BCUT2D eigenvalue weighted by Crippen LogP contribution is 2.20. The van der Waals surface area contributed by atoms with Crippen LogP contribution in [0.4, 0.5) is 5.95 Å². The van der Waals surface area contributed by atoms with Gasteiger partial charge in [0.05, 0.1) is 0 Å². The van der Waals surface area contributed by atoms with Crippen molar-refractivity contribution in [2.45, 2.75) is 0 Å². The van der Waals surface area contributed by atoms with E-state index in [-0.39, 0.29) is 11.9 Å². The number of hydrogen-bond donors (Lipinski definition) is 1. The first-order valence-electron chi connectivity index (χ1n) is 7.68. The van der Waals surface area contributed by atoms with E-state index in [1.807, 2.05) is 48.7 Å². The van der Waals surface area contributed by atoms with Crippen molar-refractivity contribution in [2.75, 3.05) is 5.32 Å². The van der Waals surface area contributed by atoms with Gasteiger partial charge in [0.2, 0.25) is 5.95 Å². The van der Waals surface area contributed by atoms with Crippen LogP contribution in [0.3, 0.4) is 0 Å². The Bertz CT molecular complexity index is 1040. The average molecular weight is 349 g/mol. The van der Waals surface area contributed by atoms with Gasteiger partial charge in [0.1, 0.15) is 0 Å². The maximum Gasteiger partial charge on any atom is 0.258 e. The summed E-state index contributed by atoms with van der Waals surface area (Å²) in [4.78, 5) is 16.6. The van der Waals surface area contributed by atoms with Crippen molar-refractivity contribution in [1.29, 1.82) is 0 Å². The zero-order valence-corrected chi connectivity index (χ0v) is 13.8. The number of nitrogens with zero attached hydrogens (tertiary/aromatic N) is 3. The van der Waals surface area contributed by atoms with Gasteiger partial charge in [-0.15, -0.1) is 5.10 Å². The summed E-state index contributed by atoms with van der Waals surface area (Å²) in [6.45, 7) is 0. The van der Waals surface area contributed by atoms with Gasteiger partial charge in [0.25, 0.3) is 5.91 Å². The van der Waals surface area contributed by atoms with E-state index < -0.39 is 0 Å². The van der Waals surface area contributed by atoms with Crippen molar-refractivity contribution in [3.05, 3.63) is 83.5 Å². The molecule has 1 N–H and O–H groups in total. The summed E-state index contributed by atoms with van der Waals surface area (Å²) < 4.78 is 1.63. The number of aromatic nitrogens is 3. The van der Waals surface area contributed by atoms with Gasteiger partial charge in [-0.1, -0.05) is 41.9 Å². The lowest BCUT2D eigenvalue weighted by atomic mass is 10.1. The first-order chi connectivity index (χ1) is 12.2. The molecule has 0 aliphatic carbocycles. The van der Waals surface area contributed by atoms with Gasteiger partial charge in [-0.05, 0) is 47.5 Å². The summed E-state index contributed by atoms with van der Waals surface area (Å²) in [6, 6.07) is 20.5. The third-order valence-electron chi connectivity index (χ3n) is 3.78. The van der Waals surface area contributed by atoms with Crippen molar-refractivity contribution in [2.24, 2.45) is 0 Å². The molecule has 2 aromatic heterocycles. The number of rotatable bonds is 3. The SMILES string of the molecule is O=C(Nc1nc2cc(-c3ccccc3)ccn2n1)c1ccc(Cl)cc1. The van der Waals surface area contributed by atoms with E-state index in [4.69, 9.17) is 11.6 Å². The maximum absolute atomic E-state index is 12.2. The minimum Gasteiger partial charge on any atom is -0.289 e. The molecule has 0 bridgehead atoms. The summed E-state index contributed by atoms with van der Waals surface area (Å²) in [5.41, 5.74) is 3.29. The Morgan fingerprint density at radius 1 is 0.960 bits per heavy atom. The maximum atomic E-state index is 12.2. The van der Waals surface area contributed by atoms with Crippen LogP contribution < -0.4 is 5.32 Å². The fourth-order valence-corrected chi connectivity index (χ4v) is 2.65. The van der Waals surface area contributed by atoms with E-state index in [1.165, 1.54) is 0 Å².